The van der Waals surface area contributed by atoms with Crippen molar-refractivity contribution in [1.29, 1.82) is 0 Å². The monoisotopic (exact) mass is 608 g/mol. The zero-order chi connectivity index (χ0) is 30.6. The summed E-state index contributed by atoms with van der Waals surface area (Å²) in [6, 6.07) is 9.78. The van der Waals surface area contributed by atoms with Crippen molar-refractivity contribution in [3.05, 3.63) is 83.0 Å². The second-order valence-corrected chi connectivity index (χ2v) is 11.5. The molecule has 2 aliphatic rings. The van der Waals surface area contributed by atoms with Crippen LogP contribution < -0.4 is 16.0 Å². The molecule has 3 heterocycles. The van der Waals surface area contributed by atoms with Crippen LogP contribution in [-0.4, -0.2) is 58.5 Å². The van der Waals surface area contributed by atoms with E-state index >= 15 is 4.39 Å². The van der Waals surface area contributed by atoms with Crippen LogP contribution >= 0.6 is 11.6 Å². The van der Waals surface area contributed by atoms with Crippen LogP contribution in [-0.2, 0) is 19.9 Å². The van der Waals surface area contributed by atoms with Crippen molar-refractivity contribution in [2.45, 2.75) is 56.7 Å². The highest BCUT2D eigenvalue weighted by Crippen LogP contribution is 2.42. The summed E-state index contributed by atoms with van der Waals surface area (Å²) in [5.74, 6) is -0.609. The van der Waals surface area contributed by atoms with E-state index in [2.05, 4.69) is 25.9 Å². The van der Waals surface area contributed by atoms with Gasteiger partial charge in [-0.2, -0.15) is 0 Å². The van der Waals surface area contributed by atoms with Crippen molar-refractivity contribution in [2.75, 3.05) is 24.3 Å². The molecule has 1 unspecified atom stereocenters. The van der Waals surface area contributed by atoms with E-state index in [1.165, 1.54) is 31.2 Å². The molecule has 5 rings (SSSR count). The Morgan fingerprint density at radius 3 is 2.51 bits per heavy atom. The zero-order valence-corrected chi connectivity index (χ0v) is 24.7. The quantitative estimate of drug-likeness (QED) is 0.294. The molecule has 43 heavy (non-hydrogen) atoms. The van der Waals surface area contributed by atoms with Gasteiger partial charge in [0.1, 0.15) is 17.7 Å². The maximum Gasteiger partial charge on any atom is 0.323 e. The maximum absolute atomic E-state index is 15.3. The third-order valence-electron chi connectivity index (χ3n) is 8.03. The van der Waals surface area contributed by atoms with Gasteiger partial charge in [-0.1, -0.05) is 30.5 Å². The van der Waals surface area contributed by atoms with Crippen LogP contribution in [0.15, 0.2) is 61.1 Å². The Bertz CT molecular complexity index is 1470. The number of amides is 4. The molecule has 3 N–H and O–H groups in total. The van der Waals surface area contributed by atoms with Crippen molar-refractivity contribution < 1.29 is 23.5 Å². The van der Waals surface area contributed by atoms with Crippen LogP contribution in [0.5, 0.6) is 0 Å². The molecule has 1 saturated heterocycles. The number of carbonyl (C=O) groups is 3. The second-order valence-electron chi connectivity index (χ2n) is 11.0. The molecule has 0 radical (unpaired) electrons. The molecular weight excluding hydrogens is 575 g/mol. The molecule has 0 spiro atoms. The van der Waals surface area contributed by atoms with E-state index < -0.39 is 35.4 Å². The van der Waals surface area contributed by atoms with E-state index in [1.807, 2.05) is 12.1 Å². The van der Waals surface area contributed by atoms with Gasteiger partial charge in [-0.15, -0.1) is 0 Å². The van der Waals surface area contributed by atoms with Crippen LogP contribution in [0.25, 0.3) is 0 Å². The number of rotatable bonds is 10. The number of pyridine rings is 2. The third-order valence-corrected chi connectivity index (χ3v) is 8.25. The molecule has 12 heteroatoms. The van der Waals surface area contributed by atoms with Crippen molar-refractivity contribution in [1.82, 2.24) is 20.2 Å². The van der Waals surface area contributed by atoms with Gasteiger partial charge in [0.05, 0.1) is 22.4 Å². The first-order valence-corrected chi connectivity index (χ1v) is 14.6. The highest BCUT2D eigenvalue weighted by Gasteiger charge is 2.41. The minimum absolute atomic E-state index is 0.0571. The fourth-order valence-corrected chi connectivity index (χ4v) is 5.71. The smallest absolute Gasteiger partial charge is 0.323 e. The number of nitrogens with zero attached hydrogens (tertiary/aromatic N) is 3. The van der Waals surface area contributed by atoms with Crippen LogP contribution in [0.2, 0.25) is 5.02 Å². The van der Waals surface area contributed by atoms with E-state index in [9.17, 15) is 14.4 Å². The summed E-state index contributed by atoms with van der Waals surface area (Å²) >= 11 is 5.89. The lowest BCUT2D eigenvalue weighted by molar-refractivity contribution is -0.121. The molecule has 4 amide bonds. The number of ether oxygens (including phenoxy) is 1. The number of aromatic nitrogens is 2. The van der Waals surface area contributed by atoms with E-state index in [4.69, 9.17) is 16.3 Å². The fraction of sp³-hybridized carbons (Fsp3) is 0.387. The number of nitrogens with one attached hydrogen (secondary N) is 3. The van der Waals surface area contributed by atoms with E-state index in [0.717, 1.165) is 24.8 Å². The number of hydrogen-bond acceptors (Lipinski definition) is 6. The molecule has 1 saturated carbocycles. The predicted molar refractivity (Wildman–Crippen MR) is 160 cm³/mol. The first kappa shape index (κ1) is 30.4. The van der Waals surface area contributed by atoms with E-state index in [1.54, 1.807) is 36.7 Å². The topological polar surface area (TPSA) is 126 Å². The summed E-state index contributed by atoms with van der Waals surface area (Å²) in [4.78, 5) is 48.9. The Balaban J connectivity index is 1.42. The standard InChI is InChI=1S/C31H34ClFN6O4/c1-19(40)38-31(12-9-20-3-4-20,21-10-13-34-14-11-21)22-5-7-25(33)26(15-22)36-29(41)27-16-24(43-2)18-39(27)30(42)37-28-8-6-23(32)17-35-28/h5-8,10-11,13-15,17,20,24,27H,3-4,9,12,16,18H2,1-2H3,(H,36,41)(H,38,40)(H,35,37,42)/t24-,27-,31?/m1/s1. The Morgan fingerprint density at radius 2 is 1.86 bits per heavy atom. The van der Waals surface area contributed by atoms with Gasteiger partial charge < -0.3 is 20.3 Å². The summed E-state index contributed by atoms with van der Waals surface area (Å²) in [5.41, 5.74) is 0.407. The Kier molecular flexibility index (Phi) is 9.22. The minimum Gasteiger partial charge on any atom is -0.380 e. The average molecular weight is 609 g/mol. The van der Waals surface area contributed by atoms with Crippen molar-refractivity contribution in [3.63, 3.8) is 0 Å². The van der Waals surface area contributed by atoms with Crippen LogP contribution in [0.4, 0.5) is 20.7 Å². The van der Waals surface area contributed by atoms with Crippen LogP contribution in [0.1, 0.15) is 50.2 Å². The molecule has 2 fully saturated rings. The zero-order valence-electron chi connectivity index (χ0n) is 24.0. The Labute approximate surface area is 254 Å². The molecule has 1 aliphatic carbocycles. The molecule has 0 bridgehead atoms. The van der Waals surface area contributed by atoms with Gasteiger partial charge in [0.2, 0.25) is 11.8 Å². The van der Waals surface area contributed by atoms with E-state index in [-0.39, 0.29) is 30.4 Å². The maximum atomic E-state index is 15.3. The SMILES string of the molecule is CO[C@@H]1C[C@H](C(=O)Nc2cc(C(CCC3CC3)(NC(C)=O)c3ccncc3)ccc2F)N(C(=O)Nc2ccc(Cl)cn2)C1. The van der Waals surface area contributed by atoms with Gasteiger partial charge in [0.25, 0.3) is 0 Å². The molecule has 3 atom stereocenters. The van der Waals surface area contributed by atoms with Gasteiger partial charge >= 0.3 is 6.03 Å². The molecule has 10 nitrogen and oxygen atoms in total. The second kappa shape index (κ2) is 13.0. The number of anilines is 2. The number of benzene rings is 1. The van der Waals surface area contributed by atoms with Gasteiger partial charge in [-0.05, 0) is 66.3 Å². The first-order chi connectivity index (χ1) is 20.7. The van der Waals surface area contributed by atoms with Gasteiger partial charge in [0.15, 0.2) is 0 Å². The number of methoxy groups -OCH3 is 1. The van der Waals surface area contributed by atoms with Crippen molar-refractivity contribution in [3.8, 4) is 0 Å². The molecule has 226 valence electrons. The van der Waals surface area contributed by atoms with Gasteiger partial charge in [-0.3, -0.25) is 19.9 Å². The molecule has 1 aromatic carbocycles. The first-order valence-electron chi connectivity index (χ1n) is 14.2. The average Bonchev–Trinajstić information content (AvgIpc) is 3.73. The lowest BCUT2D eigenvalue weighted by Crippen LogP contribution is -2.46. The molecule has 3 aromatic rings. The molecule has 2 aromatic heterocycles. The number of likely N-dealkylation sites (tertiary alicyclic amines) is 1. The van der Waals surface area contributed by atoms with Crippen LogP contribution in [0.3, 0.4) is 0 Å². The van der Waals surface area contributed by atoms with Crippen LogP contribution in [0, 0.1) is 11.7 Å². The van der Waals surface area contributed by atoms with Crippen molar-refractivity contribution >= 4 is 41.0 Å². The summed E-state index contributed by atoms with van der Waals surface area (Å²) in [7, 11) is 1.51. The highest BCUT2D eigenvalue weighted by molar-refractivity contribution is 6.30. The summed E-state index contributed by atoms with van der Waals surface area (Å²) < 4.78 is 20.7. The number of halogens is 2. The third kappa shape index (κ3) is 7.11. The summed E-state index contributed by atoms with van der Waals surface area (Å²) in [6.07, 6.45) is 8.27. The largest absolute Gasteiger partial charge is 0.380 e. The molecular formula is C31H34ClFN6O4. The lowest BCUT2D eigenvalue weighted by Gasteiger charge is -2.36. The van der Waals surface area contributed by atoms with Gasteiger partial charge in [-0.25, -0.2) is 14.2 Å². The van der Waals surface area contributed by atoms with Crippen molar-refractivity contribution in [2.24, 2.45) is 5.92 Å². The number of hydrogen-bond donors (Lipinski definition) is 3. The normalized spacial score (nSPS) is 19.4. The number of urea groups is 1. The van der Waals surface area contributed by atoms with Gasteiger partial charge in [0, 0.05) is 45.6 Å². The lowest BCUT2D eigenvalue weighted by atomic mass is 9.78. The van der Waals surface area contributed by atoms with E-state index in [0.29, 0.717) is 22.9 Å². The summed E-state index contributed by atoms with van der Waals surface area (Å²) in [5, 5.41) is 8.92. The Morgan fingerprint density at radius 1 is 1.09 bits per heavy atom. The fourth-order valence-electron chi connectivity index (χ4n) is 5.60. The minimum atomic E-state index is -0.962. The number of carbonyl (C=O) groups excluding carboxylic acids is 3. The Hall–Kier alpha value is -4.09. The predicted octanol–water partition coefficient (Wildman–Crippen LogP) is 5.10. The summed E-state index contributed by atoms with van der Waals surface area (Å²) in [6.45, 7) is 1.61. The molecule has 1 aliphatic heterocycles. The highest BCUT2D eigenvalue weighted by atomic mass is 35.5.